The molecule has 0 aliphatic heterocycles. The predicted octanol–water partition coefficient (Wildman–Crippen LogP) is 2.08. The Kier molecular flexibility index (Phi) is 2.54. The van der Waals surface area contributed by atoms with Gasteiger partial charge in [0, 0.05) is 30.0 Å². The number of rotatable bonds is 2. The number of nitrogens with zero attached hydrogens (tertiary/aromatic N) is 2. The minimum atomic E-state index is 0.0711. The van der Waals surface area contributed by atoms with Gasteiger partial charge in [0.1, 0.15) is 0 Å². The molecule has 0 spiro atoms. The number of pyridine rings is 1. The van der Waals surface area contributed by atoms with Crippen molar-refractivity contribution in [2.24, 2.45) is 0 Å². The summed E-state index contributed by atoms with van der Waals surface area (Å²) in [6.07, 6.45) is 5.54. The molecule has 4 heteroatoms. The molecule has 0 atom stereocenters. The smallest absolute Gasteiger partial charge is 0.255 e. The Morgan fingerprint density at radius 2 is 2.36 bits per heavy atom. The average Bonchev–Trinajstić information content (AvgIpc) is 3.00. The number of carbonyl (C=O) groups is 1. The normalized spacial score (nSPS) is 15.3. The van der Waals surface area contributed by atoms with E-state index in [0.29, 0.717) is 11.6 Å². The first-order valence-electron chi connectivity index (χ1n) is 4.57. The molecular formula is C10H11BrN2O. The first-order chi connectivity index (χ1) is 6.70. The lowest BCUT2D eigenvalue weighted by atomic mass is 10.2. The van der Waals surface area contributed by atoms with Gasteiger partial charge in [-0.05, 0) is 34.8 Å². The van der Waals surface area contributed by atoms with Gasteiger partial charge >= 0.3 is 0 Å². The Labute approximate surface area is 91.3 Å². The minimum Gasteiger partial charge on any atom is -0.339 e. The highest BCUT2D eigenvalue weighted by molar-refractivity contribution is 9.10. The molecule has 3 nitrogen and oxygen atoms in total. The van der Waals surface area contributed by atoms with E-state index >= 15 is 0 Å². The van der Waals surface area contributed by atoms with E-state index in [1.54, 1.807) is 23.4 Å². The van der Waals surface area contributed by atoms with E-state index < -0.39 is 0 Å². The van der Waals surface area contributed by atoms with Gasteiger partial charge in [-0.3, -0.25) is 9.78 Å². The summed E-state index contributed by atoms with van der Waals surface area (Å²) in [4.78, 5) is 17.7. The summed E-state index contributed by atoms with van der Waals surface area (Å²) in [6.45, 7) is 0. The summed E-state index contributed by atoms with van der Waals surface area (Å²) in [6, 6.07) is 2.19. The molecule has 1 amide bonds. The molecule has 0 radical (unpaired) electrons. The maximum Gasteiger partial charge on any atom is 0.255 e. The van der Waals surface area contributed by atoms with Crippen LogP contribution in [0.25, 0.3) is 0 Å². The highest BCUT2D eigenvalue weighted by Gasteiger charge is 2.30. The number of amides is 1. The summed E-state index contributed by atoms with van der Waals surface area (Å²) in [5, 5.41) is 0. The summed E-state index contributed by atoms with van der Waals surface area (Å²) in [5.41, 5.74) is 0.689. The van der Waals surface area contributed by atoms with Crippen LogP contribution < -0.4 is 0 Å². The molecule has 1 heterocycles. The van der Waals surface area contributed by atoms with E-state index in [1.807, 2.05) is 7.05 Å². The van der Waals surface area contributed by atoms with Gasteiger partial charge in [0.2, 0.25) is 0 Å². The molecule has 0 bridgehead atoms. The molecule has 1 saturated carbocycles. The van der Waals surface area contributed by atoms with E-state index in [0.717, 1.165) is 17.3 Å². The van der Waals surface area contributed by atoms with Gasteiger partial charge in [-0.1, -0.05) is 0 Å². The van der Waals surface area contributed by atoms with E-state index in [-0.39, 0.29) is 5.91 Å². The monoisotopic (exact) mass is 254 g/mol. The summed E-state index contributed by atoms with van der Waals surface area (Å²) in [5.74, 6) is 0.0711. The second kappa shape index (κ2) is 3.69. The van der Waals surface area contributed by atoms with Crippen molar-refractivity contribution in [2.45, 2.75) is 18.9 Å². The van der Waals surface area contributed by atoms with Gasteiger partial charge in [0.15, 0.2) is 0 Å². The Morgan fingerprint density at radius 1 is 1.64 bits per heavy atom. The zero-order chi connectivity index (χ0) is 10.1. The van der Waals surface area contributed by atoms with Crippen LogP contribution in [0.4, 0.5) is 0 Å². The third-order valence-electron chi connectivity index (χ3n) is 2.42. The first kappa shape index (κ1) is 9.65. The van der Waals surface area contributed by atoms with Crippen molar-refractivity contribution >= 4 is 21.8 Å². The number of hydrogen-bond donors (Lipinski definition) is 0. The fourth-order valence-corrected chi connectivity index (χ4v) is 1.79. The molecule has 14 heavy (non-hydrogen) atoms. The Hall–Kier alpha value is -0.900. The van der Waals surface area contributed by atoms with Crippen LogP contribution in [-0.2, 0) is 0 Å². The maximum absolute atomic E-state index is 11.9. The first-order valence-corrected chi connectivity index (χ1v) is 5.36. The van der Waals surface area contributed by atoms with Crippen LogP contribution in [0, 0.1) is 0 Å². The van der Waals surface area contributed by atoms with Crippen LogP contribution in [0.2, 0.25) is 0 Å². The SMILES string of the molecule is CN(C(=O)c1ccncc1Br)C1CC1. The number of carbonyl (C=O) groups excluding carboxylic acids is 1. The molecule has 0 aromatic carbocycles. The third-order valence-corrected chi connectivity index (χ3v) is 3.05. The Balaban J connectivity index is 2.21. The van der Waals surface area contributed by atoms with E-state index in [4.69, 9.17) is 0 Å². The third kappa shape index (κ3) is 1.80. The molecule has 1 aromatic rings. The quantitative estimate of drug-likeness (QED) is 0.810. The highest BCUT2D eigenvalue weighted by Crippen LogP contribution is 2.27. The van der Waals surface area contributed by atoms with Crippen LogP contribution in [0.5, 0.6) is 0 Å². The van der Waals surface area contributed by atoms with Gasteiger partial charge in [-0.25, -0.2) is 0 Å². The molecule has 0 unspecified atom stereocenters. The molecule has 1 aromatic heterocycles. The summed E-state index contributed by atoms with van der Waals surface area (Å²) < 4.78 is 0.762. The van der Waals surface area contributed by atoms with E-state index in [2.05, 4.69) is 20.9 Å². The zero-order valence-corrected chi connectivity index (χ0v) is 9.49. The molecule has 1 aliphatic rings. The van der Waals surface area contributed by atoms with Crippen molar-refractivity contribution in [3.8, 4) is 0 Å². The van der Waals surface area contributed by atoms with Crippen LogP contribution in [-0.4, -0.2) is 28.9 Å². The number of aromatic nitrogens is 1. The summed E-state index contributed by atoms with van der Waals surface area (Å²) >= 11 is 3.32. The predicted molar refractivity (Wildman–Crippen MR) is 57.1 cm³/mol. The fourth-order valence-electron chi connectivity index (χ4n) is 1.37. The molecule has 1 fully saturated rings. The minimum absolute atomic E-state index is 0.0711. The van der Waals surface area contributed by atoms with Crippen molar-refractivity contribution < 1.29 is 4.79 Å². The summed E-state index contributed by atoms with van der Waals surface area (Å²) in [7, 11) is 1.85. The molecule has 0 N–H and O–H groups in total. The van der Waals surface area contributed by atoms with Crippen molar-refractivity contribution in [3.05, 3.63) is 28.5 Å². The lowest BCUT2D eigenvalue weighted by Crippen LogP contribution is -2.28. The van der Waals surface area contributed by atoms with Crippen LogP contribution in [0.3, 0.4) is 0 Å². The van der Waals surface area contributed by atoms with Crippen molar-refractivity contribution in [2.75, 3.05) is 7.05 Å². The van der Waals surface area contributed by atoms with Crippen LogP contribution >= 0.6 is 15.9 Å². The van der Waals surface area contributed by atoms with Crippen LogP contribution in [0.1, 0.15) is 23.2 Å². The molecule has 0 saturated heterocycles. The highest BCUT2D eigenvalue weighted by atomic mass is 79.9. The van der Waals surface area contributed by atoms with E-state index in [1.165, 1.54) is 0 Å². The standard InChI is InChI=1S/C10H11BrN2O/c1-13(7-2-3-7)10(14)8-4-5-12-6-9(8)11/h4-7H,2-3H2,1H3. The van der Waals surface area contributed by atoms with Gasteiger partial charge < -0.3 is 4.90 Å². The largest absolute Gasteiger partial charge is 0.339 e. The van der Waals surface area contributed by atoms with Gasteiger partial charge in [0.05, 0.1) is 5.56 Å². The van der Waals surface area contributed by atoms with Crippen molar-refractivity contribution in [1.29, 1.82) is 0 Å². The van der Waals surface area contributed by atoms with Crippen molar-refractivity contribution in [3.63, 3.8) is 0 Å². The zero-order valence-electron chi connectivity index (χ0n) is 7.90. The number of hydrogen-bond acceptors (Lipinski definition) is 2. The van der Waals surface area contributed by atoms with Crippen LogP contribution in [0.15, 0.2) is 22.9 Å². The fraction of sp³-hybridized carbons (Fsp3) is 0.400. The molecule has 1 aliphatic carbocycles. The lowest BCUT2D eigenvalue weighted by Gasteiger charge is -2.16. The van der Waals surface area contributed by atoms with Gasteiger partial charge in [-0.2, -0.15) is 0 Å². The van der Waals surface area contributed by atoms with Crippen molar-refractivity contribution in [1.82, 2.24) is 9.88 Å². The van der Waals surface area contributed by atoms with Gasteiger partial charge in [-0.15, -0.1) is 0 Å². The second-order valence-electron chi connectivity index (χ2n) is 3.50. The van der Waals surface area contributed by atoms with E-state index in [9.17, 15) is 4.79 Å². The lowest BCUT2D eigenvalue weighted by molar-refractivity contribution is 0.0784. The maximum atomic E-state index is 11.9. The molecule has 2 rings (SSSR count). The molecule has 74 valence electrons. The Bertz CT molecular complexity index is 363. The Morgan fingerprint density at radius 3 is 2.93 bits per heavy atom. The van der Waals surface area contributed by atoms with Gasteiger partial charge in [0.25, 0.3) is 5.91 Å². The molecular weight excluding hydrogens is 244 g/mol. The average molecular weight is 255 g/mol. The second-order valence-corrected chi connectivity index (χ2v) is 4.36. The number of halogens is 1. The topological polar surface area (TPSA) is 33.2 Å².